The van der Waals surface area contributed by atoms with Crippen LogP contribution < -0.4 is 5.32 Å². The molecule has 2 nitrogen and oxygen atoms in total. The molecule has 0 bridgehead atoms. The Morgan fingerprint density at radius 1 is 1.40 bits per heavy atom. The van der Waals surface area contributed by atoms with Gasteiger partial charge in [0.05, 0.1) is 4.88 Å². The van der Waals surface area contributed by atoms with Gasteiger partial charge in [-0.15, -0.1) is 11.3 Å². The van der Waals surface area contributed by atoms with Crippen LogP contribution in [-0.4, -0.2) is 11.9 Å². The van der Waals surface area contributed by atoms with Crippen molar-refractivity contribution in [1.29, 1.82) is 0 Å². The summed E-state index contributed by atoms with van der Waals surface area (Å²) in [6.45, 7) is 2.29. The van der Waals surface area contributed by atoms with E-state index >= 15 is 0 Å². The summed E-state index contributed by atoms with van der Waals surface area (Å²) < 4.78 is 0. The number of carbonyl (C=O) groups is 1. The summed E-state index contributed by atoms with van der Waals surface area (Å²) in [5.41, 5.74) is 0. The zero-order chi connectivity index (χ0) is 10.7. The quantitative estimate of drug-likeness (QED) is 0.820. The Balaban J connectivity index is 1.85. The normalized spacial score (nSPS) is 26.2. The fourth-order valence-corrected chi connectivity index (χ4v) is 2.70. The highest BCUT2D eigenvalue weighted by molar-refractivity contribution is 7.12. The van der Waals surface area contributed by atoms with Crippen molar-refractivity contribution < 1.29 is 4.79 Å². The monoisotopic (exact) mass is 223 g/mol. The molecule has 82 valence electrons. The number of hydrogen-bond donors (Lipinski definition) is 1. The second-order valence-corrected chi connectivity index (χ2v) is 5.36. The van der Waals surface area contributed by atoms with E-state index in [1.165, 1.54) is 24.2 Å². The van der Waals surface area contributed by atoms with Gasteiger partial charge in [-0.2, -0.15) is 0 Å². The molecule has 0 aromatic carbocycles. The van der Waals surface area contributed by atoms with Crippen LogP contribution in [0, 0.1) is 5.92 Å². The number of amides is 1. The molecule has 1 aliphatic rings. The third-order valence-electron chi connectivity index (χ3n) is 3.10. The van der Waals surface area contributed by atoms with Gasteiger partial charge in [0.1, 0.15) is 0 Å². The van der Waals surface area contributed by atoms with Gasteiger partial charge in [-0.05, 0) is 43.0 Å². The highest BCUT2D eigenvalue weighted by Crippen LogP contribution is 2.23. The first kappa shape index (κ1) is 10.7. The van der Waals surface area contributed by atoms with Crippen LogP contribution in [0.3, 0.4) is 0 Å². The Kier molecular flexibility index (Phi) is 3.41. The standard InChI is InChI=1S/C12H17NOS/c1-9-4-6-10(7-5-9)13-12(14)11-3-2-8-15-11/h2-3,8-10H,4-7H2,1H3,(H,13,14)/t9-,10-. The van der Waals surface area contributed by atoms with Crippen LogP contribution in [0.2, 0.25) is 0 Å². The Bertz CT molecular complexity index is 312. The Morgan fingerprint density at radius 3 is 2.73 bits per heavy atom. The molecule has 0 aliphatic heterocycles. The third-order valence-corrected chi connectivity index (χ3v) is 3.96. The molecule has 0 atom stereocenters. The summed E-state index contributed by atoms with van der Waals surface area (Å²) in [6, 6.07) is 4.20. The fourth-order valence-electron chi connectivity index (χ4n) is 2.07. The van der Waals surface area contributed by atoms with E-state index in [0.717, 1.165) is 23.6 Å². The summed E-state index contributed by atoms with van der Waals surface area (Å²) in [4.78, 5) is 12.6. The maximum atomic E-state index is 11.8. The van der Waals surface area contributed by atoms with Crippen molar-refractivity contribution in [2.45, 2.75) is 38.6 Å². The SMILES string of the molecule is C[C@H]1CC[C@H](NC(=O)c2cccs2)CC1. The lowest BCUT2D eigenvalue weighted by Crippen LogP contribution is -2.36. The minimum absolute atomic E-state index is 0.101. The number of thiophene rings is 1. The Hall–Kier alpha value is -0.830. The van der Waals surface area contributed by atoms with Crippen LogP contribution in [0.5, 0.6) is 0 Å². The Labute approximate surface area is 94.7 Å². The predicted molar refractivity (Wildman–Crippen MR) is 63.2 cm³/mol. The molecule has 0 spiro atoms. The largest absolute Gasteiger partial charge is 0.349 e. The van der Waals surface area contributed by atoms with Gasteiger partial charge in [0.25, 0.3) is 5.91 Å². The molecule has 1 amide bonds. The van der Waals surface area contributed by atoms with Gasteiger partial charge < -0.3 is 5.32 Å². The summed E-state index contributed by atoms with van der Waals surface area (Å²) in [5.74, 6) is 0.935. The molecule has 1 N–H and O–H groups in total. The van der Waals surface area contributed by atoms with Crippen molar-refractivity contribution in [1.82, 2.24) is 5.32 Å². The zero-order valence-electron chi connectivity index (χ0n) is 9.03. The molecule has 0 unspecified atom stereocenters. The van der Waals surface area contributed by atoms with Gasteiger partial charge in [-0.3, -0.25) is 4.79 Å². The molecule has 3 heteroatoms. The maximum absolute atomic E-state index is 11.8. The number of rotatable bonds is 2. The summed E-state index contributed by atoms with van der Waals surface area (Å²) in [7, 11) is 0. The molecular formula is C12H17NOS. The lowest BCUT2D eigenvalue weighted by molar-refractivity contribution is 0.0927. The molecule has 1 saturated carbocycles. The topological polar surface area (TPSA) is 29.1 Å². The van der Waals surface area contributed by atoms with Crippen LogP contribution in [0.15, 0.2) is 17.5 Å². The number of carbonyl (C=O) groups excluding carboxylic acids is 1. The van der Waals surface area contributed by atoms with Gasteiger partial charge in [-0.25, -0.2) is 0 Å². The van der Waals surface area contributed by atoms with E-state index in [4.69, 9.17) is 0 Å². The van der Waals surface area contributed by atoms with Crippen LogP contribution in [0.25, 0.3) is 0 Å². The second-order valence-electron chi connectivity index (χ2n) is 4.41. The molecule has 1 aromatic heterocycles. The molecule has 1 aromatic rings. The summed E-state index contributed by atoms with van der Waals surface area (Å²) in [5, 5.41) is 5.06. The van der Waals surface area contributed by atoms with Gasteiger partial charge in [0, 0.05) is 6.04 Å². The third kappa shape index (κ3) is 2.81. The van der Waals surface area contributed by atoms with Gasteiger partial charge >= 0.3 is 0 Å². The lowest BCUT2D eigenvalue weighted by atomic mass is 9.87. The van der Waals surface area contributed by atoms with Crippen molar-refractivity contribution in [3.63, 3.8) is 0 Å². The average molecular weight is 223 g/mol. The first-order chi connectivity index (χ1) is 7.25. The number of nitrogens with one attached hydrogen (secondary N) is 1. The Morgan fingerprint density at radius 2 is 2.13 bits per heavy atom. The van der Waals surface area contributed by atoms with Crippen LogP contribution >= 0.6 is 11.3 Å². The van der Waals surface area contributed by atoms with Crippen LogP contribution in [0.4, 0.5) is 0 Å². The van der Waals surface area contributed by atoms with Gasteiger partial charge in [0.2, 0.25) is 0 Å². The van der Waals surface area contributed by atoms with E-state index in [1.54, 1.807) is 0 Å². The lowest BCUT2D eigenvalue weighted by Gasteiger charge is -2.26. The molecule has 0 radical (unpaired) electrons. The number of hydrogen-bond acceptors (Lipinski definition) is 2. The van der Waals surface area contributed by atoms with Gasteiger partial charge in [-0.1, -0.05) is 13.0 Å². The van der Waals surface area contributed by atoms with Crippen molar-refractivity contribution in [2.75, 3.05) is 0 Å². The minimum atomic E-state index is 0.101. The van der Waals surface area contributed by atoms with Gasteiger partial charge in [0.15, 0.2) is 0 Å². The van der Waals surface area contributed by atoms with Crippen molar-refractivity contribution in [3.05, 3.63) is 22.4 Å². The van der Waals surface area contributed by atoms with E-state index in [9.17, 15) is 4.79 Å². The highest BCUT2D eigenvalue weighted by atomic mass is 32.1. The molecule has 0 saturated heterocycles. The van der Waals surface area contributed by atoms with Crippen molar-refractivity contribution >= 4 is 17.2 Å². The first-order valence-electron chi connectivity index (χ1n) is 5.60. The zero-order valence-corrected chi connectivity index (χ0v) is 9.85. The van der Waals surface area contributed by atoms with E-state index in [2.05, 4.69) is 12.2 Å². The van der Waals surface area contributed by atoms with Crippen LogP contribution in [0.1, 0.15) is 42.3 Å². The predicted octanol–water partition coefficient (Wildman–Crippen LogP) is 3.06. The minimum Gasteiger partial charge on any atom is -0.349 e. The highest BCUT2D eigenvalue weighted by Gasteiger charge is 2.20. The average Bonchev–Trinajstić information content (AvgIpc) is 2.74. The fraction of sp³-hybridized carbons (Fsp3) is 0.583. The molecule has 2 rings (SSSR count). The molecule has 1 heterocycles. The summed E-state index contributed by atoms with van der Waals surface area (Å²) in [6.07, 6.45) is 4.77. The van der Waals surface area contributed by atoms with E-state index in [1.807, 2.05) is 17.5 Å². The second kappa shape index (κ2) is 4.79. The van der Waals surface area contributed by atoms with Crippen molar-refractivity contribution in [2.24, 2.45) is 5.92 Å². The van der Waals surface area contributed by atoms with E-state index in [0.29, 0.717) is 6.04 Å². The van der Waals surface area contributed by atoms with Crippen molar-refractivity contribution in [3.8, 4) is 0 Å². The molecule has 15 heavy (non-hydrogen) atoms. The van der Waals surface area contributed by atoms with E-state index < -0.39 is 0 Å². The first-order valence-corrected chi connectivity index (χ1v) is 6.48. The maximum Gasteiger partial charge on any atom is 0.261 e. The molecule has 1 fully saturated rings. The molecule has 1 aliphatic carbocycles. The summed E-state index contributed by atoms with van der Waals surface area (Å²) >= 11 is 1.51. The van der Waals surface area contributed by atoms with Crippen LogP contribution in [-0.2, 0) is 0 Å². The molecular weight excluding hydrogens is 206 g/mol. The van der Waals surface area contributed by atoms with E-state index in [-0.39, 0.29) is 5.91 Å². The smallest absolute Gasteiger partial charge is 0.261 e.